The van der Waals surface area contributed by atoms with Crippen LogP contribution in [-0.4, -0.2) is 36.8 Å². The zero-order chi connectivity index (χ0) is 21.5. The van der Waals surface area contributed by atoms with Crippen LogP contribution in [0.25, 0.3) is 11.0 Å². The van der Waals surface area contributed by atoms with E-state index in [9.17, 15) is 22.4 Å². The number of amides is 1. The van der Waals surface area contributed by atoms with Gasteiger partial charge in [-0.05, 0) is 42.3 Å². The Labute approximate surface area is 180 Å². The van der Waals surface area contributed by atoms with E-state index in [2.05, 4.69) is 15.9 Å². The Morgan fingerprint density at radius 2 is 2.00 bits per heavy atom. The first kappa shape index (κ1) is 20.7. The summed E-state index contributed by atoms with van der Waals surface area (Å²) >= 11 is 3.29. The van der Waals surface area contributed by atoms with E-state index in [1.165, 1.54) is 23.1 Å². The molecule has 0 N–H and O–H groups in total. The summed E-state index contributed by atoms with van der Waals surface area (Å²) in [7, 11) is -3.27. The van der Waals surface area contributed by atoms with Gasteiger partial charge >= 0.3 is 0 Å². The van der Waals surface area contributed by atoms with E-state index < -0.39 is 27.6 Å². The quantitative estimate of drug-likeness (QED) is 0.554. The predicted octanol–water partition coefficient (Wildman–Crippen LogP) is 3.52. The molecule has 0 aliphatic carbocycles. The molecule has 1 aliphatic heterocycles. The van der Waals surface area contributed by atoms with Crippen molar-refractivity contribution in [1.82, 2.24) is 4.90 Å². The van der Waals surface area contributed by atoms with Gasteiger partial charge in [-0.3, -0.25) is 9.59 Å². The highest BCUT2D eigenvalue weighted by atomic mass is 79.9. The first-order chi connectivity index (χ1) is 14.2. The van der Waals surface area contributed by atoms with Crippen LogP contribution in [0.4, 0.5) is 4.39 Å². The summed E-state index contributed by atoms with van der Waals surface area (Å²) in [5.74, 6) is -1.46. The molecule has 2 heterocycles. The van der Waals surface area contributed by atoms with E-state index in [0.29, 0.717) is 15.4 Å². The van der Waals surface area contributed by atoms with Crippen LogP contribution in [0.15, 0.2) is 62.2 Å². The van der Waals surface area contributed by atoms with Crippen molar-refractivity contribution in [2.45, 2.75) is 19.0 Å². The van der Waals surface area contributed by atoms with E-state index in [0.717, 1.165) is 6.07 Å². The molecular weight excluding hydrogens is 477 g/mol. The molecular formula is C21H17BrFNO5S. The number of hydrogen-bond acceptors (Lipinski definition) is 5. The number of halogens is 2. The maximum atomic E-state index is 13.6. The molecule has 3 aromatic rings. The van der Waals surface area contributed by atoms with Crippen LogP contribution in [0.2, 0.25) is 0 Å². The van der Waals surface area contributed by atoms with E-state index >= 15 is 0 Å². The van der Waals surface area contributed by atoms with Gasteiger partial charge in [-0.15, -0.1) is 0 Å². The number of hydrogen-bond donors (Lipinski definition) is 0. The van der Waals surface area contributed by atoms with Crippen molar-refractivity contribution >= 4 is 42.6 Å². The highest BCUT2D eigenvalue weighted by Gasteiger charge is 2.36. The lowest BCUT2D eigenvalue weighted by atomic mass is 10.1. The van der Waals surface area contributed by atoms with Gasteiger partial charge in [-0.25, -0.2) is 12.8 Å². The van der Waals surface area contributed by atoms with Crippen LogP contribution in [0, 0.1) is 5.82 Å². The Kier molecular flexibility index (Phi) is 5.50. The van der Waals surface area contributed by atoms with Crippen LogP contribution < -0.4 is 5.43 Å². The zero-order valence-electron chi connectivity index (χ0n) is 15.7. The highest BCUT2D eigenvalue weighted by molar-refractivity contribution is 9.10. The molecule has 2 aromatic carbocycles. The van der Waals surface area contributed by atoms with E-state index in [4.69, 9.17) is 4.42 Å². The number of carbonyl (C=O) groups is 1. The van der Waals surface area contributed by atoms with Crippen molar-refractivity contribution in [2.24, 2.45) is 0 Å². The fourth-order valence-electron chi connectivity index (χ4n) is 3.60. The van der Waals surface area contributed by atoms with Gasteiger partial charge < -0.3 is 9.32 Å². The zero-order valence-corrected chi connectivity index (χ0v) is 18.1. The molecule has 1 fully saturated rings. The van der Waals surface area contributed by atoms with Gasteiger partial charge in [0.25, 0.3) is 5.91 Å². The van der Waals surface area contributed by atoms with Crippen molar-refractivity contribution in [2.75, 3.05) is 11.5 Å². The predicted molar refractivity (Wildman–Crippen MR) is 114 cm³/mol. The van der Waals surface area contributed by atoms with E-state index in [1.807, 2.05) is 0 Å². The Bertz CT molecular complexity index is 1300. The fourth-order valence-corrected chi connectivity index (χ4v) is 5.69. The molecule has 156 valence electrons. The number of sulfone groups is 1. The Morgan fingerprint density at radius 3 is 2.70 bits per heavy atom. The van der Waals surface area contributed by atoms with Crippen LogP contribution in [0.1, 0.15) is 22.5 Å². The monoisotopic (exact) mass is 493 g/mol. The topological polar surface area (TPSA) is 84.7 Å². The average Bonchev–Trinajstić information content (AvgIpc) is 3.05. The number of benzene rings is 2. The van der Waals surface area contributed by atoms with Gasteiger partial charge in [0.05, 0.1) is 16.9 Å². The second-order valence-electron chi connectivity index (χ2n) is 7.24. The smallest absolute Gasteiger partial charge is 0.290 e. The molecule has 0 unspecified atom stereocenters. The Hall–Kier alpha value is -2.52. The summed E-state index contributed by atoms with van der Waals surface area (Å²) in [5.41, 5.74) is 0.379. The summed E-state index contributed by atoms with van der Waals surface area (Å²) in [5, 5.41) is 0.320. The normalized spacial score (nSPS) is 17.9. The third-order valence-corrected chi connectivity index (χ3v) is 7.30. The lowest BCUT2D eigenvalue weighted by molar-refractivity contribution is 0.0648. The van der Waals surface area contributed by atoms with Gasteiger partial charge in [0.15, 0.2) is 21.0 Å². The summed E-state index contributed by atoms with van der Waals surface area (Å²) < 4.78 is 44.0. The molecule has 1 aromatic heterocycles. The molecule has 4 rings (SSSR count). The second-order valence-corrected chi connectivity index (χ2v) is 10.4. The van der Waals surface area contributed by atoms with Crippen molar-refractivity contribution < 1.29 is 22.0 Å². The fraction of sp³-hybridized carbons (Fsp3) is 0.238. The van der Waals surface area contributed by atoms with Gasteiger partial charge in [-0.1, -0.05) is 28.1 Å². The number of carbonyl (C=O) groups excluding carboxylic acids is 1. The third-order valence-electron chi connectivity index (χ3n) is 5.05. The molecule has 9 heteroatoms. The molecule has 0 spiro atoms. The largest absolute Gasteiger partial charge is 0.451 e. The molecule has 1 aliphatic rings. The molecule has 1 saturated heterocycles. The maximum Gasteiger partial charge on any atom is 0.290 e. The third kappa shape index (κ3) is 4.32. The molecule has 6 nitrogen and oxygen atoms in total. The Morgan fingerprint density at radius 1 is 1.20 bits per heavy atom. The summed E-state index contributed by atoms with van der Waals surface area (Å²) in [6.07, 6.45) is 0.272. The SMILES string of the molecule is O=C(c1cc(=O)c2cc(Br)ccc2o1)N(Cc1cccc(F)c1)[C@@H]1CCS(=O)(=O)C1. The highest BCUT2D eigenvalue weighted by Crippen LogP contribution is 2.24. The van der Waals surface area contributed by atoms with Gasteiger partial charge in [0.2, 0.25) is 0 Å². The van der Waals surface area contributed by atoms with Crippen molar-refractivity contribution in [3.8, 4) is 0 Å². The minimum absolute atomic E-state index is 0.00113. The lowest BCUT2D eigenvalue weighted by Gasteiger charge is -2.28. The van der Waals surface area contributed by atoms with Crippen LogP contribution >= 0.6 is 15.9 Å². The summed E-state index contributed by atoms with van der Waals surface area (Å²) in [4.78, 5) is 27.1. The molecule has 1 atom stereocenters. The molecule has 0 saturated carbocycles. The van der Waals surface area contributed by atoms with E-state index in [1.54, 1.807) is 24.3 Å². The molecule has 0 radical (unpaired) electrons. The standard InChI is InChI=1S/C21H17BrFNO5S/c22-14-4-5-19-17(9-14)18(25)10-20(29-19)21(26)24(16-6-7-30(27,28)12-16)11-13-2-1-3-15(23)8-13/h1-5,8-10,16H,6-7,11-12H2/t16-/m1/s1. The number of fused-ring (bicyclic) bond motifs is 1. The maximum absolute atomic E-state index is 13.6. The summed E-state index contributed by atoms with van der Waals surface area (Å²) in [6.45, 7) is -0.00113. The first-order valence-corrected chi connectivity index (χ1v) is 11.8. The number of rotatable bonds is 4. The minimum Gasteiger partial charge on any atom is -0.451 e. The number of nitrogens with zero attached hydrogens (tertiary/aromatic N) is 1. The molecule has 0 bridgehead atoms. The minimum atomic E-state index is -3.27. The summed E-state index contributed by atoms with van der Waals surface area (Å²) in [6, 6.07) is 11.1. The average molecular weight is 494 g/mol. The molecule has 30 heavy (non-hydrogen) atoms. The van der Waals surface area contributed by atoms with Gasteiger partial charge in [0.1, 0.15) is 11.4 Å². The second kappa shape index (κ2) is 7.96. The van der Waals surface area contributed by atoms with Crippen molar-refractivity contribution in [3.05, 3.63) is 80.4 Å². The van der Waals surface area contributed by atoms with Crippen LogP contribution in [0.5, 0.6) is 0 Å². The van der Waals surface area contributed by atoms with Gasteiger partial charge in [0, 0.05) is 23.1 Å². The lowest BCUT2D eigenvalue weighted by Crippen LogP contribution is -2.41. The first-order valence-electron chi connectivity index (χ1n) is 9.21. The van der Waals surface area contributed by atoms with Gasteiger partial charge in [-0.2, -0.15) is 0 Å². The Balaban J connectivity index is 1.74. The van der Waals surface area contributed by atoms with Crippen molar-refractivity contribution in [1.29, 1.82) is 0 Å². The van der Waals surface area contributed by atoms with Crippen LogP contribution in [0.3, 0.4) is 0 Å². The molecule has 1 amide bonds. The van der Waals surface area contributed by atoms with Crippen molar-refractivity contribution in [3.63, 3.8) is 0 Å². The van der Waals surface area contributed by atoms with Crippen LogP contribution in [-0.2, 0) is 16.4 Å². The van der Waals surface area contributed by atoms with E-state index in [-0.39, 0.29) is 41.2 Å².